The van der Waals surface area contributed by atoms with Gasteiger partial charge in [-0.05, 0) is 71.3 Å². The number of nitrogens with zero attached hydrogens (tertiary/aromatic N) is 2. The van der Waals surface area contributed by atoms with Crippen molar-refractivity contribution in [3.8, 4) is 5.75 Å². The summed E-state index contributed by atoms with van der Waals surface area (Å²) in [6.07, 6.45) is 4.35. The molecule has 7 nitrogen and oxygen atoms in total. The summed E-state index contributed by atoms with van der Waals surface area (Å²) < 4.78 is 21.1. The van der Waals surface area contributed by atoms with E-state index in [1.54, 1.807) is 0 Å². The zero-order chi connectivity index (χ0) is 38.0. The minimum absolute atomic E-state index is 0.258. The summed E-state index contributed by atoms with van der Waals surface area (Å²) in [7, 11) is 0. The van der Waals surface area contributed by atoms with Crippen LogP contribution in [0.2, 0.25) is 0 Å². The highest BCUT2D eigenvalue weighted by atomic mass is 16.5. The average Bonchev–Trinajstić information content (AvgIpc) is 4.10. The maximum atomic E-state index is 6.50. The zero-order valence-corrected chi connectivity index (χ0v) is 31.5. The summed E-state index contributed by atoms with van der Waals surface area (Å²) in [6, 6.07) is 53.5. The molecule has 3 aromatic heterocycles. The van der Waals surface area contributed by atoms with Gasteiger partial charge >= 0.3 is 0 Å². The number of aliphatic imine (C=N–C) groups is 1. The molecule has 7 aromatic rings. The first kappa shape index (κ1) is 34.8. The van der Waals surface area contributed by atoms with Gasteiger partial charge in [-0.1, -0.05) is 109 Å². The molecule has 4 aromatic carbocycles. The topological polar surface area (TPSA) is 76.6 Å². The molecular formula is C50H42N4O3. The van der Waals surface area contributed by atoms with E-state index in [-0.39, 0.29) is 5.92 Å². The molecule has 3 aliphatic heterocycles. The first-order valence-electron chi connectivity index (χ1n) is 19.7. The Labute approximate surface area is 331 Å². The van der Waals surface area contributed by atoms with Crippen LogP contribution in [0.15, 0.2) is 175 Å². The SMILES string of the molecule is C1=C/C2=C(\c3ccccc3)c3ccc([nH]3)/C(c3ccccc3)=c3/cc/c([nH]3)=C(\c3ccccc3)c3ccc4n3CCOCCOCCOc3ccccc3C4C1=N2. The first-order valence-corrected chi connectivity index (χ1v) is 19.7. The molecule has 280 valence electrons. The lowest BCUT2D eigenvalue weighted by Gasteiger charge is -2.24. The number of fused-ring (bicyclic) bond motifs is 8. The van der Waals surface area contributed by atoms with Gasteiger partial charge < -0.3 is 28.7 Å². The molecule has 2 N–H and O–H groups in total. The number of allylic oxidation sites excluding steroid dienone is 2. The lowest BCUT2D eigenvalue weighted by Crippen LogP contribution is -2.23. The van der Waals surface area contributed by atoms with E-state index in [4.69, 9.17) is 19.2 Å². The van der Waals surface area contributed by atoms with Gasteiger partial charge in [-0.15, -0.1) is 0 Å². The monoisotopic (exact) mass is 746 g/mol. The smallest absolute Gasteiger partial charge is 0.123 e. The lowest BCUT2D eigenvalue weighted by atomic mass is 9.90. The van der Waals surface area contributed by atoms with Crippen molar-refractivity contribution < 1.29 is 14.2 Å². The van der Waals surface area contributed by atoms with Gasteiger partial charge in [-0.25, -0.2) is 0 Å². The number of nitrogens with one attached hydrogen (secondary N) is 2. The molecule has 0 saturated heterocycles. The Bertz CT molecular complexity index is 2770. The Kier molecular flexibility index (Phi) is 9.44. The predicted octanol–water partition coefficient (Wildman–Crippen LogP) is 7.98. The van der Waals surface area contributed by atoms with Crippen LogP contribution in [-0.2, 0) is 16.0 Å². The zero-order valence-electron chi connectivity index (χ0n) is 31.5. The highest BCUT2D eigenvalue weighted by Gasteiger charge is 2.30. The number of benzene rings is 4. The van der Waals surface area contributed by atoms with Crippen molar-refractivity contribution in [3.63, 3.8) is 0 Å². The van der Waals surface area contributed by atoms with Crippen LogP contribution in [0, 0.1) is 0 Å². The third-order valence-electron chi connectivity index (χ3n) is 11.0. The summed E-state index contributed by atoms with van der Waals surface area (Å²) in [5, 5.41) is 2.03. The molecule has 6 heterocycles. The third-order valence-corrected chi connectivity index (χ3v) is 11.0. The molecule has 0 saturated carbocycles. The van der Waals surface area contributed by atoms with Gasteiger partial charge in [0, 0.05) is 56.6 Å². The van der Waals surface area contributed by atoms with E-state index in [1.165, 1.54) is 0 Å². The van der Waals surface area contributed by atoms with E-state index < -0.39 is 0 Å². The number of aromatic amines is 2. The van der Waals surface area contributed by atoms with Crippen LogP contribution in [0.1, 0.15) is 50.9 Å². The van der Waals surface area contributed by atoms with Crippen molar-refractivity contribution >= 4 is 22.4 Å². The second-order valence-corrected chi connectivity index (χ2v) is 14.4. The maximum Gasteiger partial charge on any atom is 0.123 e. The van der Waals surface area contributed by atoms with Gasteiger partial charge in [0.1, 0.15) is 12.4 Å². The van der Waals surface area contributed by atoms with Gasteiger partial charge in [0.05, 0.1) is 49.4 Å². The van der Waals surface area contributed by atoms with Crippen LogP contribution in [0.5, 0.6) is 5.75 Å². The van der Waals surface area contributed by atoms with E-state index in [2.05, 4.69) is 172 Å². The Morgan fingerprint density at radius 2 is 1.11 bits per heavy atom. The third kappa shape index (κ3) is 6.71. The van der Waals surface area contributed by atoms with Gasteiger partial charge in [0.15, 0.2) is 0 Å². The van der Waals surface area contributed by atoms with E-state index in [0.717, 1.165) is 89.6 Å². The fraction of sp³-hybridized carbons (Fsp3) is 0.140. The number of rotatable bonds is 3. The lowest BCUT2D eigenvalue weighted by molar-refractivity contribution is 0.0335. The maximum absolute atomic E-state index is 6.50. The van der Waals surface area contributed by atoms with E-state index >= 15 is 0 Å². The molecule has 1 unspecified atom stereocenters. The number of hydrogen-bond donors (Lipinski definition) is 2. The average molecular weight is 747 g/mol. The Morgan fingerprint density at radius 3 is 1.84 bits per heavy atom. The highest BCUT2D eigenvalue weighted by Crippen LogP contribution is 2.40. The second kappa shape index (κ2) is 15.5. The van der Waals surface area contributed by atoms with Gasteiger partial charge in [-0.2, -0.15) is 0 Å². The van der Waals surface area contributed by atoms with Crippen molar-refractivity contribution in [1.82, 2.24) is 14.5 Å². The molecule has 0 radical (unpaired) electrons. The molecule has 0 aliphatic carbocycles. The fourth-order valence-corrected chi connectivity index (χ4v) is 8.42. The molecule has 0 spiro atoms. The minimum Gasteiger partial charge on any atom is -0.491 e. The standard InChI is InChI=1S/C50H42N4O3/c1-4-12-34(13-5-1)47-38-20-21-39(51-38)48(35-14-6-2-7-15-35)41-23-25-43(53-41)50-37-18-10-11-19-46(37)57-33-32-56-31-30-55-29-28-54-44(26-27-45(50)54)49(36-16-8-3-9-17-36)42-24-22-40(47)52-42/h1-27,50-52H,28-33H2/b47-40-,48-41-,49-42-. The van der Waals surface area contributed by atoms with Crippen LogP contribution in [0.4, 0.5) is 0 Å². The number of hydrogen-bond acceptors (Lipinski definition) is 4. The van der Waals surface area contributed by atoms with Crippen LogP contribution >= 0.6 is 0 Å². The molecule has 10 rings (SSSR count). The summed E-state index contributed by atoms with van der Waals surface area (Å²) >= 11 is 0. The van der Waals surface area contributed by atoms with E-state index in [1.807, 2.05) is 6.07 Å². The Hall–Kier alpha value is -6.67. The predicted molar refractivity (Wildman–Crippen MR) is 226 cm³/mol. The van der Waals surface area contributed by atoms with E-state index in [9.17, 15) is 0 Å². The second-order valence-electron chi connectivity index (χ2n) is 14.4. The summed E-state index contributed by atoms with van der Waals surface area (Å²) in [4.78, 5) is 13.3. The molecule has 57 heavy (non-hydrogen) atoms. The summed E-state index contributed by atoms with van der Waals surface area (Å²) in [5.41, 5.74) is 13.6. The van der Waals surface area contributed by atoms with Crippen LogP contribution in [0.3, 0.4) is 0 Å². The van der Waals surface area contributed by atoms with Crippen molar-refractivity contribution in [2.24, 2.45) is 4.99 Å². The Morgan fingerprint density at radius 1 is 0.509 bits per heavy atom. The molecule has 3 aliphatic rings. The van der Waals surface area contributed by atoms with Crippen molar-refractivity contribution in [3.05, 3.63) is 225 Å². The van der Waals surface area contributed by atoms with Gasteiger partial charge in [-0.3, -0.25) is 4.99 Å². The molecule has 1 atom stereocenters. The largest absolute Gasteiger partial charge is 0.491 e. The van der Waals surface area contributed by atoms with Crippen molar-refractivity contribution in [1.29, 1.82) is 0 Å². The van der Waals surface area contributed by atoms with Gasteiger partial charge in [0.25, 0.3) is 0 Å². The molecule has 7 heteroatoms. The minimum atomic E-state index is -0.258. The van der Waals surface area contributed by atoms with Crippen molar-refractivity contribution in [2.45, 2.75) is 12.5 Å². The number of ether oxygens (including phenoxy) is 3. The molecular weight excluding hydrogens is 705 g/mol. The van der Waals surface area contributed by atoms with E-state index in [0.29, 0.717) is 39.6 Å². The van der Waals surface area contributed by atoms with Crippen LogP contribution in [-0.4, -0.2) is 53.3 Å². The molecule has 10 bridgehead atoms. The van der Waals surface area contributed by atoms with Crippen LogP contribution < -0.4 is 15.4 Å². The van der Waals surface area contributed by atoms with Gasteiger partial charge in [0.2, 0.25) is 0 Å². The summed E-state index contributed by atoms with van der Waals surface area (Å²) in [6.45, 7) is 3.07. The number of H-pyrrole nitrogens is 2. The molecule has 0 fully saturated rings. The quantitative estimate of drug-likeness (QED) is 0.193. The van der Waals surface area contributed by atoms with Crippen LogP contribution in [0.25, 0.3) is 16.7 Å². The molecule has 0 amide bonds. The highest BCUT2D eigenvalue weighted by molar-refractivity contribution is 6.07. The Balaban J connectivity index is 1.33. The normalized spacial score (nSPS) is 20.3. The first-order chi connectivity index (χ1) is 28.3. The number of aromatic nitrogens is 3. The fourth-order valence-electron chi connectivity index (χ4n) is 8.42. The van der Waals surface area contributed by atoms with Crippen molar-refractivity contribution in [2.75, 3.05) is 33.0 Å². The number of para-hydroxylation sites is 1. The summed E-state index contributed by atoms with van der Waals surface area (Å²) in [5.74, 6) is 0.560.